The van der Waals surface area contributed by atoms with Gasteiger partial charge in [0.15, 0.2) is 6.20 Å². The van der Waals surface area contributed by atoms with E-state index in [-0.39, 0.29) is 0 Å². The maximum absolute atomic E-state index is 4.99. The van der Waals surface area contributed by atoms with Crippen molar-refractivity contribution in [1.29, 1.82) is 0 Å². The number of quaternary nitrogens is 1. The molecule has 0 N–H and O–H groups in total. The summed E-state index contributed by atoms with van der Waals surface area (Å²) in [7, 11) is 0. The second kappa shape index (κ2) is 6.96. The monoisotopic (exact) mass is 407 g/mol. The minimum absolute atomic E-state index is 0.446. The van der Waals surface area contributed by atoms with Crippen LogP contribution < -0.4 is 5.01 Å². The normalized spacial score (nSPS) is 21.8. The van der Waals surface area contributed by atoms with Crippen molar-refractivity contribution in [2.45, 2.75) is 32.2 Å². The molecule has 0 amide bonds. The molecule has 0 bridgehead atoms. The first-order valence-electron chi connectivity index (χ1n) is 10.7. The zero-order chi connectivity index (χ0) is 20.8. The highest BCUT2D eigenvalue weighted by molar-refractivity contribution is 5.88. The van der Waals surface area contributed by atoms with Gasteiger partial charge < -0.3 is 0 Å². The van der Waals surface area contributed by atoms with Crippen molar-refractivity contribution in [1.82, 2.24) is 9.97 Å². The van der Waals surface area contributed by atoms with E-state index >= 15 is 0 Å². The molecule has 152 valence electrons. The second-order valence-corrected chi connectivity index (χ2v) is 8.30. The Kier molecular flexibility index (Phi) is 4.07. The maximum atomic E-state index is 4.99. The molecule has 6 nitrogen and oxygen atoms in total. The minimum atomic E-state index is 0.446. The number of aryl methyl sites for hydroxylation is 1. The molecule has 2 aromatic heterocycles. The summed E-state index contributed by atoms with van der Waals surface area (Å²) in [6, 6.07) is 15.1. The van der Waals surface area contributed by atoms with Gasteiger partial charge in [-0.1, -0.05) is 12.1 Å². The number of allylic oxidation sites excluding steroid dienone is 1. The van der Waals surface area contributed by atoms with E-state index in [1.54, 1.807) is 0 Å². The summed E-state index contributed by atoms with van der Waals surface area (Å²) >= 11 is 0. The zero-order valence-electron chi connectivity index (χ0n) is 17.4. The lowest BCUT2D eigenvalue weighted by Crippen LogP contribution is -2.61. The number of nitrogens with zero attached hydrogens (tertiary/aromatic N) is 6. The van der Waals surface area contributed by atoms with Gasteiger partial charge in [-0.25, -0.2) is 15.0 Å². The zero-order valence-corrected chi connectivity index (χ0v) is 17.4. The Labute approximate surface area is 181 Å². The number of hydrogen-bond donors (Lipinski definition) is 0. The van der Waals surface area contributed by atoms with Crippen LogP contribution in [-0.2, 0) is 0 Å². The molecule has 31 heavy (non-hydrogen) atoms. The van der Waals surface area contributed by atoms with Crippen LogP contribution in [0.1, 0.15) is 24.8 Å². The molecule has 1 atom stereocenters. The van der Waals surface area contributed by atoms with E-state index in [2.05, 4.69) is 57.4 Å². The molecule has 6 heteroatoms. The summed E-state index contributed by atoms with van der Waals surface area (Å²) in [6.45, 7) is 2.14. The fourth-order valence-corrected chi connectivity index (χ4v) is 4.61. The van der Waals surface area contributed by atoms with Crippen LogP contribution in [-0.4, -0.2) is 33.2 Å². The van der Waals surface area contributed by atoms with Crippen LogP contribution in [0.15, 0.2) is 82.9 Å². The number of benzene rings is 1. The average Bonchev–Trinajstić information content (AvgIpc) is 3.21. The van der Waals surface area contributed by atoms with Gasteiger partial charge in [0.25, 0.3) is 0 Å². The Balaban J connectivity index is 1.51. The van der Waals surface area contributed by atoms with E-state index in [1.807, 2.05) is 49.3 Å². The van der Waals surface area contributed by atoms with E-state index in [9.17, 15) is 0 Å². The van der Waals surface area contributed by atoms with E-state index in [0.717, 1.165) is 28.3 Å². The van der Waals surface area contributed by atoms with Crippen molar-refractivity contribution in [2.24, 2.45) is 9.98 Å². The predicted octanol–water partition coefficient (Wildman–Crippen LogP) is 5.13. The number of aliphatic imine (C=N–C) groups is 2. The molecule has 0 saturated heterocycles. The largest absolute Gasteiger partial charge is 0.255 e. The highest BCUT2D eigenvalue weighted by Gasteiger charge is 2.46. The molecule has 1 aromatic carbocycles. The van der Waals surface area contributed by atoms with Crippen molar-refractivity contribution >= 4 is 29.1 Å². The third kappa shape index (κ3) is 2.83. The average molecular weight is 408 g/mol. The fourth-order valence-electron chi connectivity index (χ4n) is 4.61. The summed E-state index contributed by atoms with van der Waals surface area (Å²) in [5.74, 6) is 0. The lowest BCUT2D eigenvalue weighted by atomic mass is 9.91. The summed E-state index contributed by atoms with van der Waals surface area (Å²) in [5.41, 5.74) is 6.17. The number of rotatable bonds is 4. The van der Waals surface area contributed by atoms with Gasteiger partial charge in [-0.15, -0.1) is 4.59 Å². The Hall–Kier alpha value is -3.64. The molecule has 1 unspecified atom stereocenters. The van der Waals surface area contributed by atoms with Crippen molar-refractivity contribution in [3.05, 3.63) is 78.5 Å². The quantitative estimate of drug-likeness (QED) is 0.563. The van der Waals surface area contributed by atoms with Gasteiger partial charge in [0.05, 0.1) is 47.2 Å². The molecule has 2 aliphatic heterocycles. The van der Waals surface area contributed by atoms with Crippen molar-refractivity contribution < 1.29 is 4.59 Å². The van der Waals surface area contributed by atoms with Crippen LogP contribution in [0.4, 0.5) is 5.69 Å². The number of fused-ring (bicyclic) bond motifs is 2. The SMILES string of the molecule is Cc1cc(-c2ccccn2)nc2cc(N(C3CCC3)[N+]34C=CN=CC3=CN=C4)ccc12. The van der Waals surface area contributed by atoms with Gasteiger partial charge in [-0.2, -0.15) is 0 Å². The number of aromatic nitrogens is 2. The van der Waals surface area contributed by atoms with Crippen LogP contribution in [0.5, 0.6) is 0 Å². The van der Waals surface area contributed by atoms with Crippen LogP contribution in [0.3, 0.4) is 0 Å². The van der Waals surface area contributed by atoms with Crippen LogP contribution in [0.25, 0.3) is 22.3 Å². The summed E-state index contributed by atoms with van der Waals surface area (Å²) in [6.07, 6.45) is 15.2. The molecule has 3 aromatic rings. The predicted molar refractivity (Wildman–Crippen MR) is 124 cm³/mol. The van der Waals surface area contributed by atoms with Gasteiger partial charge in [0, 0.05) is 11.6 Å². The third-order valence-corrected chi connectivity index (χ3v) is 6.42. The van der Waals surface area contributed by atoms with E-state index < -0.39 is 0 Å². The molecule has 3 aliphatic rings. The topological polar surface area (TPSA) is 53.7 Å². The van der Waals surface area contributed by atoms with Gasteiger partial charge in [-0.05, 0) is 62.1 Å². The fraction of sp³-hybridized carbons (Fsp3) is 0.200. The van der Waals surface area contributed by atoms with Crippen molar-refractivity contribution in [3.63, 3.8) is 0 Å². The first-order valence-corrected chi connectivity index (χ1v) is 10.7. The Morgan fingerprint density at radius 2 is 1.97 bits per heavy atom. The van der Waals surface area contributed by atoms with Crippen LogP contribution in [0.2, 0.25) is 0 Å². The lowest BCUT2D eigenvalue weighted by Gasteiger charge is -2.46. The molecular formula is C25H23N6+. The Bertz CT molecular complexity index is 1290. The Morgan fingerprint density at radius 3 is 2.77 bits per heavy atom. The molecule has 0 radical (unpaired) electrons. The summed E-state index contributed by atoms with van der Waals surface area (Å²) in [4.78, 5) is 18.3. The van der Waals surface area contributed by atoms with Crippen molar-refractivity contribution in [2.75, 3.05) is 5.01 Å². The van der Waals surface area contributed by atoms with Crippen LogP contribution in [0, 0.1) is 6.92 Å². The smallest absolute Gasteiger partial charge is 0.225 e. The van der Waals surface area contributed by atoms with Gasteiger partial charge in [-0.3, -0.25) is 9.98 Å². The van der Waals surface area contributed by atoms with Gasteiger partial charge in [0.1, 0.15) is 0 Å². The standard InChI is InChI=1S/C25H23N6/c1-18-13-25(23-7-2-3-10-28-23)29-24-14-20(8-9-22(18)24)30(19-5-4-6-19)31-12-11-26-15-21(31)16-27-17-31/h2-3,7-17,19H,4-6H2,1H3/q+1. The number of hydrogen-bond acceptors (Lipinski definition) is 5. The first kappa shape index (κ1) is 18.2. The minimum Gasteiger partial charge on any atom is -0.255 e. The third-order valence-electron chi connectivity index (χ3n) is 6.42. The van der Waals surface area contributed by atoms with E-state index in [0.29, 0.717) is 10.6 Å². The molecule has 4 heterocycles. The van der Waals surface area contributed by atoms with Crippen molar-refractivity contribution in [3.8, 4) is 11.4 Å². The molecule has 1 fully saturated rings. The number of pyridine rings is 2. The molecular weight excluding hydrogens is 384 g/mol. The lowest BCUT2D eigenvalue weighted by molar-refractivity contribution is -0.746. The molecule has 0 spiro atoms. The molecule has 6 rings (SSSR count). The van der Waals surface area contributed by atoms with E-state index in [1.165, 1.54) is 30.2 Å². The Morgan fingerprint density at radius 1 is 1.03 bits per heavy atom. The van der Waals surface area contributed by atoms with E-state index in [4.69, 9.17) is 4.98 Å². The molecule has 1 aliphatic carbocycles. The van der Waals surface area contributed by atoms with Gasteiger partial charge in [0.2, 0.25) is 12.0 Å². The highest BCUT2D eigenvalue weighted by Crippen LogP contribution is 2.40. The number of anilines is 1. The van der Waals surface area contributed by atoms with Gasteiger partial charge >= 0.3 is 0 Å². The summed E-state index contributed by atoms with van der Waals surface area (Å²) in [5, 5.41) is 3.62. The highest BCUT2D eigenvalue weighted by atomic mass is 15.8. The maximum Gasteiger partial charge on any atom is 0.225 e. The first-order chi connectivity index (χ1) is 15.2. The summed E-state index contributed by atoms with van der Waals surface area (Å²) < 4.78 is 0.457. The molecule has 1 saturated carbocycles. The van der Waals surface area contributed by atoms with Crippen LogP contribution >= 0.6 is 0 Å². The second-order valence-electron chi connectivity index (χ2n) is 8.30.